The topological polar surface area (TPSA) is 29.3 Å². The average molecular weight is 154 g/mol. The molecule has 2 nitrogen and oxygen atoms in total. The largest absolute Gasteiger partial charge is 0.401 e. The lowest BCUT2D eigenvalue weighted by molar-refractivity contribution is 0.197. The second kappa shape index (κ2) is 3.77. The molecule has 0 aliphatic carbocycles. The van der Waals surface area contributed by atoms with E-state index in [0.717, 1.165) is 18.2 Å². The van der Waals surface area contributed by atoms with Gasteiger partial charge in [-0.05, 0) is 25.3 Å². The summed E-state index contributed by atoms with van der Waals surface area (Å²) in [5, 5.41) is 0. The van der Waals surface area contributed by atoms with E-state index in [2.05, 4.69) is 18.4 Å². The molecule has 2 N–H and O–H groups in total. The normalized spacial score (nSPS) is 26.8. The Bertz CT molecular complexity index is 142. The number of piperidine rings is 1. The minimum Gasteiger partial charge on any atom is -0.401 e. The van der Waals surface area contributed by atoms with Crippen LogP contribution in [0.4, 0.5) is 0 Å². The molecule has 1 aliphatic heterocycles. The Labute approximate surface area is 69.1 Å². The van der Waals surface area contributed by atoms with E-state index in [1.165, 1.54) is 25.9 Å². The maximum absolute atomic E-state index is 5.53. The summed E-state index contributed by atoms with van der Waals surface area (Å²) in [7, 11) is 0. The lowest BCUT2D eigenvalue weighted by atomic mass is 10.0. The van der Waals surface area contributed by atoms with E-state index in [-0.39, 0.29) is 0 Å². The molecule has 1 heterocycles. The van der Waals surface area contributed by atoms with Gasteiger partial charge >= 0.3 is 0 Å². The summed E-state index contributed by atoms with van der Waals surface area (Å²) in [5.41, 5.74) is 6.32. The Morgan fingerprint density at radius 1 is 1.73 bits per heavy atom. The zero-order chi connectivity index (χ0) is 8.27. The van der Waals surface area contributed by atoms with Gasteiger partial charge in [-0.25, -0.2) is 0 Å². The van der Waals surface area contributed by atoms with Crippen molar-refractivity contribution >= 4 is 0 Å². The van der Waals surface area contributed by atoms with Crippen molar-refractivity contribution in [3.63, 3.8) is 0 Å². The lowest BCUT2D eigenvalue weighted by Crippen LogP contribution is -2.36. The van der Waals surface area contributed by atoms with Crippen LogP contribution in [-0.4, -0.2) is 24.5 Å². The van der Waals surface area contributed by atoms with Crippen molar-refractivity contribution in [1.82, 2.24) is 4.90 Å². The fourth-order valence-corrected chi connectivity index (χ4v) is 1.72. The van der Waals surface area contributed by atoms with E-state index < -0.39 is 0 Å². The van der Waals surface area contributed by atoms with Crippen LogP contribution in [0.5, 0.6) is 0 Å². The zero-order valence-corrected chi connectivity index (χ0v) is 7.34. The van der Waals surface area contributed by atoms with Crippen LogP contribution in [0.2, 0.25) is 0 Å². The van der Waals surface area contributed by atoms with Gasteiger partial charge in [0.05, 0.1) is 0 Å². The molecule has 1 saturated heterocycles. The van der Waals surface area contributed by atoms with Gasteiger partial charge in [0.15, 0.2) is 0 Å². The molecule has 0 aromatic carbocycles. The molecule has 64 valence electrons. The molecule has 0 bridgehead atoms. The Balaban J connectivity index is 2.28. The third-order valence-corrected chi connectivity index (χ3v) is 2.17. The monoisotopic (exact) mass is 154 g/mol. The van der Waals surface area contributed by atoms with Crippen molar-refractivity contribution in [3.8, 4) is 0 Å². The van der Waals surface area contributed by atoms with E-state index in [9.17, 15) is 0 Å². The number of nitrogens with two attached hydrogens (primary N) is 1. The molecule has 0 aromatic heterocycles. The molecule has 1 rings (SSSR count). The fraction of sp³-hybridized carbons (Fsp3) is 0.778. The van der Waals surface area contributed by atoms with Gasteiger partial charge in [-0.1, -0.05) is 13.5 Å². The van der Waals surface area contributed by atoms with Crippen LogP contribution in [0.3, 0.4) is 0 Å². The predicted octanol–water partition coefficient (Wildman–Crippen LogP) is 1.19. The summed E-state index contributed by atoms with van der Waals surface area (Å²) >= 11 is 0. The first-order valence-corrected chi connectivity index (χ1v) is 4.34. The highest BCUT2D eigenvalue weighted by atomic mass is 15.1. The van der Waals surface area contributed by atoms with Crippen molar-refractivity contribution in [2.45, 2.75) is 19.8 Å². The second-order valence-corrected chi connectivity index (χ2v) is 3.64. The van der Waals surface area contributed by atoms with Gasteiger partial charge in [-0.3, -0.25) is 4.90 Å². The Kier molecular flexibility index (Phi) is 2.94. The zero-order valence-electron chi connectivity index (χ0n) is 7.34. The van der Waals surface area contributed by atoms with Crippen LogP contribution in [0.15, 0.2) is 12.3 Å². The number of nitrogens with zero attached hydrogens (tertiary/aromatic N) is 1. The summed E-state index contributed by atoms with van der Waals surface area (Å²) in [6.45, 7) is 9.27. The van der Waals surface area contributed by atoms with Crippen molar-refractivity contribution in [2.75, 3.05) is 19.6 Å². The Morgan fingerprint density at radius 3 is 3.00 bits per heavy atom. The molecule has 2 heteroatoms. The molecule has 0 saturated carbocycles. The van der Waals surface area contributed by atoms with Crippen molar-refractivity contribution in [1.29, 1.82) is 0 Å². The van der Waals surface area contributed by atoms with Crippen LogP contribution >= 0.6 is 0 Å². The number of likely N-dealkylation sites (tertiary alicyclic amines) is 1. The van der Waals surface area contributed by atoms with E-state index in [4.69, 9.17) is 5.73 Å². The average Bonchev–Trinajstić information content (AvgIpc) is 1.85. The van der Waals surface area contributed by atoms with E-state index >= 15 is 0 Å². The first kappa shape index (κ1) is 8.60. The first-order valence-electron chi connectivity index (χ1n) is 4.34. The van der Waals surface area contributed by atoms with Crippen molar-refractivity contribution in [2.24, 2.45) is 11.7 Å². The highest BCUT2D eigenvalue weighted by Gasteiger charge is 2.15. The minimum atomic E-state index is 0.791. The number of hydrogen-bond donors (Lipinski definition) is 1. The molecule has 1 unspecified atom stereocenters. The maximum Gasteiger partial charge on any atom is 0.0373 e. The van der Waals surface area contributed by atoms with E-state index in [1.54, 1.807) is 0 Å². The molecule has 11 heavy (non-hydrogen) atoms. The molecular weight excluding hydrogens is 136 g/mol. The van der Waals surface area contributed by atoms with Gasteiger partial charge in [0.25, 0.3) is 0 Å². The summed E-state index contributed by atoms with van der Waals surface area (Å²) in [5.74, 6) is 0.836. The smallest absolute Gasteiger partial charge is 0.0373 e. The van der Waals surface area contributed by atoms with Gasteiger partial charge in [-0.15, -0.1) is 0 Å². The number of rotatable bonds is 2. The number of hydrogen-bond acceptors (Lipinski definition) is 2. The molecule has 1 fully saturated rings. The van der Waals surface area contributed by atoms with Gasteiger partial charge in [0.2, 0.25) is 0 Å². The minimum absolute atomic E-state index is 0.791. The van der Waals surface area contributed by atoms with E-state index in [1.807, 2.05) is 0 Å². The third-order valence-electron chi connectivity index (χ3n) is 2.17. The fourth-order valence-electron chi connectivity index (χ4n) is 1.72. The summed E-state index contributed by atoms with van der Waals surface area (Å²) in [6, 6.07) is 0. The van der Waals surface area contributed by atoms with Gasteiger partial charge in [-0.2, -0.15) is 0 Å². The molecule has 1 aliphatic rings. The van der Waals surface area contributed by atoms with Crippen molar-refractivity contribution in [3.05, 3.63) is 12.3 Å². The molecule has 0 radical (unpaired) electrons. The quantitative estimate of drug-likeness (QED) is 0.647. The molecule has 0 aromatic rings. The third kappa shape index (κ3) is 2.93. The van der Waals surface area contributed by atoms with Crippen LogP contribution < -0.4 is 5.73 Å². The standard InChI is InChI=1S/C9H18N2/c1-8-4-3-5-11(6-8)7-9(2)10/h8H,2-7,10H2,1H3. The van der Waals surface area contributed by atoms with Crippen LogP contribution in [0.1, 0.15) is 19.8 Å². The summed E-state index contributed by atoms with van der Waals surface area (Å²) in [4.78, 5) is 2.39. The Hall–Kier alpha value is -0.500. The van der Waals surface area contributed by atoms with Gasteiger partial charge in [0, 0.05) is 18.8 Å². The van der Waals surface area contributed by atoms with Crippen LogP contribution in [-0.2, 0) is 0 Å². The van der Waals surface area contributed by atoms with E-state index in [0.29, 0.717) is 0 Å². The molecular formula is C9H18N2. The molecule has 0 spiro atoms. The highest BCUT2D eigenvalue weighted by Crippen LogP contribution is 2.15. The molecule has 1 atom stereocenters. The van der Waals surface area contributed by atoms with Crippen LogP contribution in [0.25, 0.3) is 0 Å². The predicted molar refractivity (Wildman–Crippen MR) is 48.2 cm³/mol. The highest BCUT2D eigenvalue weighted by molar-refractivity contribution is 4.91. The maximum atomic E-state index is 5.53. The SMILES string of the molecule is C=C(N)CN1CCCC(C)C1. The van der Waals surface area contributed by atoms with Gasteiger partial charge < -0.3 is 5.73 Å². The summed E-state index contributed by atoms with van der Waals surface area (Å²) in [6.07, 6.45) is 2.68. The van der Waals surface area contributed by atoms with Gasteiger partial charge in [0.1, 0.15) is 0 Å². The lowest BCUT2D eigenvalue weighted by Gasteiger charge is -2.30. The molecule has 0 amide bonds. The van der Waals surface area contributed by atoms with Crippen molar-refractivity contribution < 1.29 is 0 Å². The second-order valence-electron chi connectivity index (χ2n) is 3.64. The van der Waals surface area contributed by atoms with Crippen LogP contribution in [0, 0.1) is 5.92 Å². The first-order chi connectivity index (χ1) is 5.18. The summed E-state index contributed by atoms with van der Waals surface area (Å²) < 4.78 is 0. The Morgan fingerprint density at radius 2 is 2.45 bits per heavy atom.